The standard InChI is InChI=1S/C30H29ClF2N2O4/c1-5-6-14-38-29(36)35(3)17-30(20-10-8-7-9-11-20)18(2)24-23(39-30)15-21(32)27(31)26(24)25-19(16-34)12-13-22(37-4)28(25)33/h7-13,15,18H,5-6,14,17H2,1-4H3/t18-,30-/m0/s1. The molecule has 1 aliphatic heterocycles. The van der Waals surface area contributed by atoms with Crippen LogP contribution < -0.4 is 9.47 Å². The van der Waals surface area contributed by atoms with Gasteiger partial charge in [-0.05, 0) is 24.1 Å². The topological polar surface area (TPSA) is 71.8 Å². The second-order valence-corrected chi connectivity index (χ2v) is 9.86. The van der Waals surface area contributed by atoms with Crippen molar-refractivity contribution >= 4 is 17.7 Å². The first-order chi connectivity index (χ1) is 18.7. The largest absolute Gasteiger partial charge is 0.494 e. The van der Waals surface area contributed by atoms with E-state index in [0.717, 1.165) is 24.5 Å². The summed E-state index contributed by atoms with van der Waals surface area (Å²) in [6.07, 6.45) is 1.08. The summed E-state index contributed by atoms with van der Waals surface area (Å²) in [5.74, 6) is -2.21. The lowest BCUT2D eigenvalue weighted by Gasteiger charge is -2.37. The summed E-state index contributed by atoms with van der Waals surface area (Å²) >= 11 is 6.51. The second-order valence-electron chi connectivity index (χ2n) is 9.48. The van der Waals surface area contributed by atoms with Gasteiger partial charge in [-0.15, -0.1) is 0 Å². The van der Waals surface area contributed by atoms with E-state index in [2.05, 4.69) is 0 Å². The Morgan fingerprint density at radius 1 is 1.21 bits per heavy atom. The minimum Gasteiger partial charge on any atom is -0.494 e. The van der Waals surface area contributed by atoms with Crippen LogP contribution in [0.5, 0.6) is 11.5 Å². The molecule has 9 heteroatoms. The fourth-order valence-electron chi connectivity index (χ4n) is 5.07. The minimum atomic E-state index is -1.20. The number of hydrogen-bond acceptors (Lipinski definition) is 5. The van der Waals surface area contributed by atoms with Crippen LogP contribution in [-0.2, 0) is 10.3 Å². The van der Waals surface area contributed by atoms with Gasteiger partial charge in [-0.25, -0.2) is 13.6 Å². The molecular weight excluding hydrogens is 526 g/mol. The molecule has 4 rings (SSSR count). The molecule has 0 aromatic heterocycles. The molecule has 3 aromatic carbocycles. The molecule has 0 fully saturated rings. The number of carbonyl (C=O) groups is 1. The number of halogens is 3. The van der Waals surface area contributed by atoms with Gasteiger partial charge < -0.3 is 19.1 Å². The maximum atomic E-state index is 15.7. The number of nitrogens with zero attached hydrogens (tertiary/aromatic N) is 2. The van der Waals surface area contributed by atoms with Crippen molar-refractivity contribution in [3.63, 3.8) is 0 Å². The number of methoxy groups -OCH3 is 1. The molecular formula is C30H29ClF2N2O4. The van der Waals surface area contributed by atoms with Crippen LogP contribution in [0.2, 0.25) is 5.02 Å². The number of likely N-dealkylation sites (N-methyl/N-ethyl adjacent to an activating group) is 1. The Morgan fingerprint density at radius 3 is 2.56 bits per heavy atom. The van der Waals surface area contributed by atoms with Crippen LogP contribution in [0.3, 0.4) is 0 Å². The lowest BCUT2D eigenvalue weighted by Crippen LogP contribution is -2.46. The molecule has 0 N–H and O–H groups in total. The van der Waals surface area contributed by atoms with E-state index >= 15 is 8.78 Å². The Morgan fingerprint density at radius 2 is 1.92 bits per heavy atom. The Kier molecular flexibility index (Phi) is 8.31. The van der Waals surface area contributed by atoms with Gasteiger partial charge in [-0.2, -0.15) is 5.26 Å². The number of nitriles is 1. The summed E-state index contributed by atoms with van der Waals surface area (Å²) in [6, 6.07) is 15.1. The molecule has 204 valence electrons. The lowest BCUT2D eigenvalue weighted by atomic mass is 9.77. The summed E-state index contributed by atoms with van der Waals surface area (Å²) in [6.45, 7) is 4.17. The van der Waals surface area contributed by atoms with Gasteiger partial charge in [0, 0.05) is 35.7 Å². The molecule has 3 aromatic rings. The van der Waals surface area contributed by atoms with Crippen molar-refractivity contribution in [1.82, 2.24) is 4.90 Å². The van der Waals surface area contributed by atoms with E-state index in [-0.39, 0.29) is 46.4 Å². The molecule has 2 atom stereocenters. The SMILES string of the molecule is CCCCOC(=O)N(C)C[C@]1(c2ccccc2)Oc2cc(F)c(Cl)c(-c3c(C#N)ccc(OC)c3F)c2[C@@H]1C. The van der Waals surface area contributed by atoms with Gasteiger partial charge in [0.25, 0.3) is 0 Å². The number of carbonyl (C=O) groups excluding carboxylic acids is 1. The normalized spacial score (nSPS) is 17.6. The Bertz CT molecular complexity index is 1430. The predicted octanol–water partition coefficient (Wildman–Crippen LogP) is 7.43. The average Bonchev–Trinajstić information content (AvgIpc) is 3.21. The van der Waals surface area contributed by atoms with Crippen LogP contribution >= 0.6 is 11.6 Å². The van der Waals surface area contributed by atoms with Crippen molar-refractivity contribution in [3.05, 3.63) is 81.9 Å². The van der Waals surface area contributed by atoms with Crippen LogP contribution in [0.4, 0.5) is 13.6 Å². The van der Waals surface area contributed by atoms with E-state index in [9.17, 15) is 10.1 Å². The van der Waals surface area contributed by atoms with E-state index in [4.69, 9.17) is 25.8 Å². The summed E-state index contributed by atoms with van der Waals surface area (Å²) in [5.41, 5.74) is -0.264. The zero-order valence-corrected chi connectivity index (χ0v) is 22.9. The van der Waals surface area contributed by atoms with Gasteiger partial charge in [0.1, 0.15) is 11.6 Å². The van der Waals surface area contributed by atoms with Crippen molar-refractivity contribution in [2.75, 3.05) is 27.3 Å². The predicted molar refractivity (Wildman–Crippen MR) is 144 cm³/mol. The van der Waals surface area contributed by atoms with Crippen LogP contribution in [0.25, 0.3) is 11.1 Å². The Labute approximate surface area is 231 Å². The van der Waals surface area contributed by atoms with Crippen molar-refractivity contribution < 1.29 is 27.8 Å². The van der Waals surface area contributed by atoms with E-state index in [1.807, 2.05) is 50.2 Å². The zero-order chi connectivity index (χ0) is 28.3. The molecule has 0 unspecified atom stereocenters. The fraction of sp³-hybridized carbons (Fsp3) is 0.333. The third-order valence-electron chi connectivity index (χ3n) is 7.11. The van der Waals surface area contributed by atoms with Crippen LogP contribution in [-0.4, -0.2) is 38.3 Å². The number of hydrogen-bond donors (Lipinski definition) is 0. The molecule has 6 nitrogen and oxygen atoms in total. The molecule has 0 saturated heterocycles. The average molecular weight is 555 g/mol. The van der Waals surface area contributed by atoms with E-state index in [1.54, 1.807) is 7.05 Å². The molecule has 0 saturated carbocycles. The number of unbranched alkanes of at least 4 members (excludes halogenated alkanes) is 1. The van der Waals surface area contributed by atoms with Crippen LogP contribution in [0.1, 0.15) is 49.3 Å². The van der Waals surface area contributed by atoms with Gasteiger partial charge in [0.15, 0.2) is 17.2 Å². The Balaban J connectivity index is 1.91. The maximum absolute atomic E-state index is 15.7. The first-order valence-corrected chi connectivity index (χ1v) is 13.0. The molecule has 0 radical (unpaired) electrons. The van der Waals surface area contributed by atoms with Crippen molar-refractivity contribution in [2.45, 2.75) is 38.2 Å². The number of benzene rings is 3. The first kappa shape index (κ1) is 28.2. The number of rotatable bonds is 8. The highest BCUT2D eigenvalue weighted by atomic mass is 35.5. The third-order valence-corrected chi connectivity index (χ3v) is 7.48. The molecule has 1 amide bonds. The van der Waals surface area contributed by atoms with Crippen LogP contribution in [0.15, 0.2) is 48.5 Å². The van der Waals surface area contributed by atoms with Crippen molar-refractivity contribution in [2.24, 2.45) is 0 Å². The monoisotopic (exact) mass is 554 g/mol. The number of fused-ring (bicyclic) bond motifs is 1. The lowest BCUT2D eigenvalue weighted by molar-refractivity contribution is 0.0271. The molecule has 39 heavy (non-hydrogen) atoms. The summed E-state index contributed by atoms with van der Waals surface area (Å²) in [4.78, 5) is 14.2. The smallest absolute Gasteiger partial charge is 0.409 e. The minimum absolute atomic E-state index is 0.0121. The second kappa shape index (κ2) is 11.5. The van der Waals surface area contributed by atoms with Gasteiger partial charge in [-0.3, -0.25) is 0 Å². The Hall–Kier alpha value is -3.83. The van der Waals surface area contributed by atoms with Crippen LogP contribution in [0, 0.1) is 23.0 Å². The summed E-state index contributed by atoms with van der Waals surface area (Å²) in [7, 11) is 2.90. The summed E-state index contributed by atoms with van der Waals surface area (Å²) < 4.78 is 48.1. The number of amides is 1. The molecule has 0 spiro atoms. The summed E-state index contributed by atoms with van der Waals surface area (Å²) in [5, 5.41) is 9.46. The van der Waals surface area contributed by atoms with Gasteiger partial charge >= 0.3 is 6.09 Å². The molecule has 1 heterocycles. The molecule has 0 aliphatic carbocycles. The van der Waals surface area contributed by atoms with E-state index in [1.165, 1.54) is 24.1 Å². The zero-order valence-electron chi connectivity index (χ0n) is 22.2. The highest BCUT2D eigenvalue weighted by Crippen LogP contribution is 2.56. The van der Waals surface area contributed by atoms with Gasteiger partial charge in [0.05, 0.1) is 36.9 Å². The first-order valence-electron chi connectivity index (χ1n) is 12.6. The fourth-order valence-corrected chi connectivity index (χ4v) is 5.32. The number of ether oxygens (including phenoxy) is 3. The highest BCUT2D eigenvalue weighted by molar-refractivity contribution is 6.34. The molecule has 0 bridgehead atoms. The van der Waals surface area contributed by atoms with Crippen molar-refractivity contribution in [3.8, 4) is 28.7 Å². The quantitative estimate of drug-likeness (QED) is 0.271. The maximum Gasteiger partial charge on any atom is 0.409 e. The third kappa shape index (κ3) is 4.99. The van der Waals surface area contributed by atoms with Crippen molar-refractivity contribution in [1.29, 1.82) is 5.26 Å². The highest BCUT2D eigenvalue weighted by Gasteiger charge is 2.51. The van der Waals surface area contributed by atoms with Gasteiger partial charge in [-0.1, -0.05) is 62.2 Å². The van der Waals surface area contributed by atoms with E-state index < -0.39 is 29.2 Å². The molecule has 1 aliphatic rings. The van der Waals surface area contributed by atoms with Gasteiger partial charge in [0.2, 0.25) is 0 Å². The van der Waals surface area contributed by atoms with E-state index in [0.29, 0.717) is 5.56 Å².